The Morgan fingerprint density at radius 2 is 1.87 bits per heavy atom. The number of para-hydroxylation sites is 2. The minimum absolute atomic E-state index is 0.101. The average molecular weight is 419 g/mol. The number of morpholine rings is 1. The summed E-state index contributed by atoms with van der Waals surface area (Å²) >= 11 is 0. The van der Waals surface area contributed by atoms with E-state index in [9.17, 15) is 4.79 Å². The number of carbonyl (C=O) groups is 1. The van der Waals surface area contributed by atoms with Gasteiger partial charge in [0.05, 0.1) is 24.2 Å². The van der Waals surface area contributed by atoms with Gasteiger partial charge in [-0.25, -0.2) is 4.98 Å². The fraction of sp³-hybridized carbons (Fsp3) is 0.440. The molecule has 31 heavy (non-hydrogen) atoms. The third kappa shape index (κ3) is 3.98. The Labute approximate surface area is 183 Å². The average Bonchev–Trinajstić information content (AvgIpc) is 3.35. The van der Waals surface area contributed by atoms with Gasteiger partial charge in [0.25, 0.3) is 0 Å². The molecular weight excluding hydrogens is 388 g/mol. The lowest BCUT2D eigenvalue weighted by atomic mass is 10.1. The zero-order valence-electron chi connectivity index (χ0n) is 18.4. The summed E-state index contributed by atoms with van der Waals surface area (Å²) in [6.45, 7) is 10.2. The smallest absolute Gasteiger partial charge is 0.227 e. The third-order valence-corrected chi connectivity index (χ3v) is 6.57. The zero-order valence-corrected chi connectivity index (χ0v) is 18.4. The Morgan fingerprint density at radius 1 is 1.06 bits per heavy atom. The minimum Gasteiger partial charge on any atom is -0.379 e. The Kier molecular flexibility index (Phi) is 5.50. The number of amides is 1. The topological polar surface area (TPSA) is 50.6 Å². The summed E-state index contributed by atoms with van der Waals surface area (Å²) < 4.78 is 7.83. The molecule has 2 saturated heterocycles. The van der Waals surface area contributed by atoms with E-state index >= 15 is 0 Å². The second kappa shape index (κ2) is 8.44. The molecule has 162 valence electrons. The number of ether oxygens (including phenoxy) is 1. The van der Waals surface area contributed by atoms with Crippen LogP contribution >= 0.6 is 0 Å². The van der Waals surface area contributed by atoms with E-state index in [1.54, 1.807) is 0 Å². The molecule has 2 aliphatic heterocycles. The molecule has 0 N–H and O–H groups in total. The highest BCUT2D eigenvalue weighted by atomic mass is 16.5. The molecule has 5 rings (SSSR count). The summed E-state index contributed by atoms with van der Waals surface area (Å²) in [6, 6.07) is 14.6. The number of rotatable bonds is 5. The number of fused-ring (bicyclic) bond motifs is 1. The van der Waals surface area contributed by atoms with Crippen molar-refractivity contribution in [2.45, 2.75) is 32.7 Å². The van der Waals surface area contributed by atoms with Crippen LogP contribution in [-0.2, 0) is 16.1 Å². The van der Waals surface area contributed by atoms with Crippen LogP contribution in [0.3, 0.4) is 0 Å². The highest BCUT2D eigenvalue weighted by Gasteiger charge is 2.35. The lowest BCUT2D eigenvalue weighted by Gasteiger charge is -2.27. The van der Waals surface area contributed by atoms with Crippen LogP contribution in [0.25, 0.3) is 11.0 Å². The quantitative estimate of drug-likeness (QED) is 0.636. The number of hydrogen-bond acceptors (Lipinski definition) is 4. The van der Waals surface area contributed by atoms with E-state index < -0.39 is 0 Å². The van der Waals surface area contributed by atoms with Crippen molar-refractivity contribution in [2.24, 2.45) is 0 Å². The number of carbonyl (C=O) groups excluding carboxylic acids is 1. The molecule has 3 heterocycles. The van der Waals surface area contributed by atoms with Crippen molar-refractivity contribution in [3.05, 3.63) is 59.4 Å². The number of hydrogen-bond donors (Lipinski definition) is 0. The first kappa shape index (κ1) is 20.2. The molecule has 1 aromatic heterocycles. The molecule has 1 unspecified atom stereocenters. The minimum atomic E-state index is 0.101. The van der Waals surface area contributed by atoms with Gasteiger partial charge in [-0.05, 0) is 43.2 Å². The summed E-state index contributed by atoms with van der Waals surface area (Å²) in [5.41, 5.74) is 5.51. The van der Waals surface area contributed by atoms with Gasteiger partial charge in [0.2, 0.25) is 5.91 Å². The summed E-state index contributed by atoms with van der Waals surface area (Å²) in [5.74, 6) is 1.32. The van der Waals surface area contributed by atoms with Crippen molar-refractivity contribution in [2.75, 3.05) is 44.3 Å². The van der Waals surface area contributed by atoms with Crippen LogP contribution in [0.4, 0.5) is 5.69 Å². The molecule has 1 atom stereocenters. The van der Waals surface area contributed by atoms with Gasteiger partial charge in [-0.3, -0.25) is 9.69 Å². The van der Waals surface area contributed by atoms with Gasteiger partial charge in [-0.2, -0.15) is 0 Å². The SMILES string of the molecule is Cc1ccc(C)c(N2CC(c3nc4ccccc4n3CCN3CCOCC3)CC2=O)c1. The molecule has 0 aliphatic carbocycles. The van der Waals surface area contributed by atoms with Gasteiger partial charge in [0.15, 0.2) is 0 Å². The molecule has 2 fully saturated rings. The maximum atomic E-state index is 13.0. The number of benzene rings is 2. The molecule has 3 aromatic rings. The second-order valence-electron chi connectivity index (χ2n) is 8.76. The summed E-state index contributed by atoms with van der Waals surface area (Å²) in [7, 11) is 0. The number of anilines is 1. The van der Waals surface area contributed by atoms with Crippen LogP contribution in [0.5, 0.6) is 0 Å². The van der Waals surface area contributed by atoms with E-state index in [1.165, 1.54) is 5.56 Å². The van der Waals surface area contributed by atoms with Gasteiger partial charge >= 0.3 is 0 Å². The van der Waals surface area contributed by atoms with Crippen LogP contribution in [0.1, 0.15) is 29.3 Å². The monoisotopic (exact) mass is 418 g/mol. The van der Waals surface area contributed by atoms with E-state index in [4.69, 9.17) is 9.72 Å². The van der Waals surface area contributed by atoms with E-state index in [1.807, 2.05) is 11.0 Å². The highest BCUT2D eigenvalue weighted by molar-refractivity contribution is 5.97. The van der Waals surface area contributed by atoms with Gasteiger partial charge in [-0.15, -0.1) is 0 Å². The van der Waals surface area contributed by atoms with E-state index in [-0.39, 0.29) is 11.8 Å². The first-order valence-corrected chi connectivity index (χ1v) is 11.2. The predicted octanol–water partition coefficient (Wildman–Crippen LogP) is 3.51. The van der Waals surface area contributed by atoms with Crippen molar-refractivity contribution < 1.29 is 9.53 Å². The first-order chi connectivity index (χ1) is 15.1. The molecule has 0 spiro atoms. The molecular formula is C25H30N4O2. The summed E-state index contributed by atoms with van der Waals surface area (Å²) in [6.07, 6.45) is 0.508. The Morgan fingerprint density at radius 3 is 2.71 bits per heavy atom. The Balaban J connectivity index is 1.44. The molecule has 0 radical (unpaired) electrons. The fourth-order valence-electron chi connectivity index (χ4n) is 4.83. The van der Waals surface area contributed by atoms with Gasteiger partial charge < -0.3 is 14.2 Å². The number of nitrogens with zero attached hydrogens (tertiary/aromatic N) is 4. The van der Waals surface area contributed by atoms with E-state index in [0.29, 0.717) is 13.0 Å². The maximum Gasteiger partial charge on any atom is 0.227 e. The standard InChI is InChI=1S/C25H30N4O2/c1-18-7-8-19(2)23(15-18)29-17-20(16-24(29)30)25-26-21-5-3-4-6-22(21)28(25)10-9-27-11-13-31-14-12-27/h3-8,15,20H,9-14,16-17H2,1-2H3. The molecule has 0 bridgehead atoms. The van der Waals surface area contributed by atoms with Crippen molar-refractivity contribution in [1.29, 1.82) is 0 Å². The van der Waals surface area contributed by atoms with Crippen LogP contribution in [0.2, 0.25) is 0 Å². The van der Waals surface area contributed by atoms with Crippen molar-refractivity contribution in [1.82, 2.24) is 14.5 Å². The molecule has 2 aromatic carbocycles. The molecule has 6 nitrogen and oxygen atoms in total. The maximum absolute atomic E-state index is 13.0. The highest BCUT2D eigenvalue weighted by Crippen LogP contribution is 2.34. The number of aryl methyl sites for hydroxylation is 2. The number of imidazole rings is 1. The lowest BCUT2D eigenvalue weighted by molar-refractivity contribution is -0.117. The first-order valence-electron chi connectivity index (χ1n) is 11.2. The molecule has 2 aliphatic rings. The molecule has 0 saturated carbocycles. The van der Waals surface area contributed by atoms with E-state index in [2.05, 4.69) is 59.7 Å². The Bertz CT molecular complexity index is 1100. The van der Waals surface area contributed by atoms with Crippen LogP contribution in [0.15, 0.2) is 42.5 Å². The van der Waals surface area contributed by atoms with Crippen molar-refractivity contribution in [3.8, 4) is 0 Å². The van der Waals surface area contributed by atoms with Gasteiger partial charge in [-0.1, -0.05) is 24.3 Å². The fourth-order valence-corrected chi connectivity index (χ4v) is 4.83. The Hall–Kier alpha value is -2.70. The second-order valence-corrected chi connectivity index (χ2v) is 8.76. The van der Waals surface area contributed by atoms with E-state index in [0.717, 1.165) is 67.5 Å². The van der Waals surface area contributed by atoms with Gasteiger partial charge in [0.1, 0.15) is 5.82 Å². The third-order valence-electron chi connectivity index (χ3n) is 6.57. The number of aromatic nitrogens is 2. The van der Waals surface area contributed by atoms with Crippen LogP contribution < -0.4 is 4.90 Å². The summed E-state index contributed by atoms with van der Waals surface area (Å²) in [5, 5.41) is 0. The lowest BCUT2D eigenvalue weighted by Crippen LogP contribution is -2.38. The van der Waals surface area contributed by atoms with Crippen LogP contribution in [-0.4, -0.2) is 59.8 Å². The summed E-state index contributed by atoms with van der Waals surface area (Å²) in [4.78, 5) is 22.4. The largest absolute Gasteiger partial charge is 0.379 e. The zero-order chi connectivity index (χ0) is 21.4. The molecule has 1 amide bonds. The van der Waals surface area contributed by atoms with Crippen molar-refractivity contribution in [3.63, 3.8) is 0 Å². The predicted molar refractivity (Wildman–Crippen MR) is 123 cm³/mol. The normalized spacial score (nSPS) is 20.1. The van der Waals surface area contributed by atoms with Crippen molar-refractivity contribution >= 4 is 22.6 Å². The molecule has 6 heteroatoms. The van der Waals surface area contributed by atoms with Crippen LogP contribution in [0, 0.1) is 13.8 Å². The van der Waals surface area contributed by atoms with Gasteiger partial charge in [0, 0.05) is 50.7 Å².